The molecule has 0 fully saturated rings. The second kappa shape index (κ2) is 4.26. The van der Waals surface area contributed by atoms with Gasteiger partial charge in [0, 0.05) is 6.42 Å². The zero-order valence-electron chi connectivity index (χ0n) is 8.41. The summed E-state index contributed by atoms with van der Waals surface area (Å²) < 4.78 is 13.6. The van der Waals surface area contributed by atoms with E-state index in [1.807, 2.05) is 36.4 Å². The second-order valence-corrected chi connectivity index (χ2v) is 3.55. The van der Waals surface area contributed by atoms with Gasteiger partial charge in [0.2, 0.25) is 0 Å². The third-order valence-electron chi connectivity index (χ3n) is 2.40. The molecule has 1 radical (unpaired) electrons. The van der Waals surface area contributed by atoms with Crippen molar-refractivity contribution in [2.24, 2.45) is 0 Å². The molecule has 0 amide bonds. The number of benzene rings is 2. The summed E-state index contributed by atoms with van der Waals surface area (Å²) in [6.07, 6.45) is 0.621. The zero-order chi connectivity index (χ0) is 10.7. The third kappa shape index (κ3) is 2.24. The Morgan fingerprint density at radius 1 is 0.933 bits per heavy atom. The maximum atomic E-state index is 13.6. The van der Waals surface area contributed by atoms with Crippen LogP contribution in [-0.4, -0.2) is 0 Å². The Morgan fingerprint density at radius 3 is 2.40 bits per heavy atom. The minimum absolute atomic E-state index is 0.193. The fourth-order valence-corrected chi connectivity index (χ4v) is 1.59. The van der Waals surface area contributed by atoms with Gasteiger partial charge in [0.05, 0.1) is 0 Å². The standard InChI is InChI=1S/C14H12F/c1-11-6-5-9-13(14(11)15)10-12-7-3-2-4-8-12/h2-9H,1,10H2. The van der Waals surface area contributed by atoms with Gasteiger partial charge in [-0.1, -0.05) is 48.5 Å². The van der Waals surface area contributed by atoms with Gasteiger partial charge < -0.3 is 0 Å². The lowest BCUT2D eigenvalue weighted by molar-refractivity contribution is 0.609. The summed E-state index contributed by atoms with van der Waals surface area (Å²) in [7, 11) is 0. The first-order valence-electron chi connectivity index (χ1n) is 4.90. The van der Waals surface area contributed by atoms with Gasteiger partial charge >= 0.3 is 0 Å². The van der Waals surface area contributed by atoms with Crippen molar-refractivity contribution in [3.05, 3.63) is 78.0 Å². The second-order valence-electron chi connectivity index (χ2n) is 3.55. The Labute approximate surface area is 89.4 Å². The van der Waals surface area contributed by atoms with Crippen LogP contribution >= 0.6 is 0 Å². The highest BCUT2D eigenvalue weighted by Gasteiger charge is 2.04. The third-order valence-corrected chi connectivity index (χ3v) is 2.40. The first-order valence-corrected chi connectivity index (χ1v) is 4.90. The van der Waals surface area contributed by atoms with E-state index in [2.05, 4.69) is 6.92 Å². The molecule has 2 aromatic rings. The molecule has 75 valence electrons. The summed E-state index contributed by atoms with van der Waals surface area (Å²) in [5.74, 6) is -0.193. The van der Waals surface area contributed by atoms with Crippen LogP contribution in [0.4, 0.5) is 4.39 Å². The van der Waals surface area contributed by atoms with Crippen molar-refractivity contribution < 1.29 is 4.39 Å². The highest BCUT2D eigenvalue weighted by atomic mass is 19.1. The topological polar surface area (TPSA) is 0 Å². The van der Waals surface area contributed by atoms with E-state index in [9.17, 15) is 4.39 Å². The van der Waals surface area contributed by atoms with Crippen molar-refractivity contribution in [2.75, 3.05) is 0 Å². The summed E-state index contributed by atoms with van der Waals surface area (Å²) in [4.78, 5) is 0. The van der Waals surface area contributed by atoms with Crippen LogP contribution in [0.2, 0.25) is 0 Å². The molecular weight excluding hydrogens is 187 g/mol. The molecule has 0 atom stereocenters. The average Bonchev–Trinajstić information content (AvgIpc) is 2.26. The van der Waals surface area contributed by atoms with Crippen molar-refractivity contribution in [2.45, 2.75) is 6.42 Å². The van der Waals surface area contributed by atoms with Crippen LogP contribution in [0.5, 0.6) is 0 Å². The Bertz CT molecular complexity index is 446. The van der Waals surface area contributed by atoms with Gasteiger partial charge in [0.15, 0.2) is 0 Å². The average molecular weight is 199 g/mol. The zero-order valence-corrected chi connectivity index (χ0v) is 8.41. The van der Waals surface area contributed by atoms with Crippen LogP contribution in [0, 0.1) is 12.7 Å². The number of halogens is 1. The van der Waals surface area contributed by atoms with Gasteiger partial charge in [0.25, 0.3) is 0 Å². The molecule has 0 aliphatic carbocycles. The lowest BCUT2D eigenvalue weighted by atomic mass is 10.0. The summed E-state index contributed by atoms with van der Waals surface area (Å²) in [5.41, 5.74) is 2.28. The smallest absolute Gasteiger partial charge is 0.129 e. The van der Waals surface area contributed by atoms with Gasteiger partial charge in [-0.05, 0) is 23.6 Å². The highest BCUT2D eigenvalue weighted by Crippen LogP contribution is 2.15. The normalized spacial score (nSPS) is 10.3. The number of hydrogen-bond donors (Lipinski definition) is 0. The summed E-state index contributed by atoms with van der Waals surface area (Å²) in [5, 5.41) is 0. The molecule has 0 aromatic heterocycles. The largest absolute Gasteiger partial charge is 0.206 e. The van der Waals surface area contributed by atoms with Gasteiger partial charge in [0.1, 0.15) is 5.82 Å². The Balaban J connectivity index is 2.29. The first kappa shape index (κ1) is 9.91. The fourth-order valence-electron chi connectivity index (χ4n) is 1.59. The van der Waals surface area contributed by atoms with Gasteiger partial charge in [-0.3, -0.25) is 0 Å². The molecule has 0 saturated heterocycles. The van der Waals surface area contributed by atoms with Gasteiger partial charge in [-0.15, -0.1) is 0 Å². The van der Waals surface area contributed by atoms with E-state index in [-0.39, 0.29) is 5.82 Å². The van der Waals surface area contributed by atoms with Crippen LogP contribution in [0.25, 0.3) is 0 Å². The molecule has 0 unspecified atom stereocenters. The molecular formula is C14H12F. The van der Waals surface area contributed by atoms with Crippen LogP contribution in [-0.2, 0) is 6.42 Å². The maximum absolute atomic E-state index is 13.6. The molecule has 0 nitrogen and oxygen atoms in total. The van der Waals surface area contributed by atoms with E-state index in [1.165, 1.54) is 0 Å². The lowest BCUT2D eigenvalue weighted by Crippen LogP contribution is -1.94. The molecule has 0 N–H and O–H groups in total. The lowest BCUT2D eigenvalue weighted by Gasteiger charge is -2.05. The molecule has 2 rings (SSSR count). The van der Waals surface area contributed by atoms with Crippen LogP contribution < -0.4 is 0 Å². The van der Waals surface area contributed by atoms with Gasteiger partial charge in [-0.25, -0.2) is 4.39 Å². The molecule has 1 heteroatoms. The number of rotatable bonds is 2. The van der Waals surface area contributed by atoms with Crippen molar-refractivity contribution in [1.29, 1.82) is 0 Å². The predicted octanol–water partition coefficient (Wildman–Crippen LogP) is 3.60. The van der Waals surface area contributed by atoms with E-state index in [4.69, 9.17) is 0 Å². The monoisotopic (exact) mass is 199 g/mol. The van der Waals surface area contributed by atoms with Crippen LogP contribution in [0.15, 0.2) is 48.5 Å². The molecule has 0 aliphatic heterocycles. The van der Waals surface area contributed by atoms with Gasteiger partial charge in [-0.2, -0.15) is 0 Å². The Hall–Kier alpha value is -1.63. The first-order chi connectivity index (χ1) is 7.27. The fraction of sp³-hybridized carbons (Fsp3) is 0.0714. The molecule has 0 spiro atoms. The van der Waals surface area contributed by atoms with Crippen LogP contribution in [0.1, 0.15) is 16.7 Å². The minimum Gasteiger partial charge on any atom is -0.206 e. The number of hydrogen-bond acceptors (Lipinski definition) is 0. The predicted molar refractivity (Wildman–Crippen MR) is 60.1 cm³/mol. The molecule has 2 aromatic carbocycles. The van der Waals surface area contributed by atoms with E-state index in [0.29, 0.717) is 17.5 Å². The van der Waals surface area contributed by atoms with Crippen molar-refractivity contribution >= 4 is 0 Å². The summed E-state index contributed by atoms with van der Waals surface area (Å²) >= 11 is 0. The van der Waals surface area contributed by atoms with E-state index >= 15 is 0 Å². The summed E-state index contributed by atoms with van der Waals surface area (Å²) in [6, 6.07) is 15.2. The molecule has 0 aliphatic rings. The molecule has 0 heterocycles. The Kier molecular flexibility index (Phi) is 2.82. The minimum atomic E-state index is -0.193. The van der Waals surface area contributed by atoms with Crippen LogP contribution in [0.3, 0.4) is 0 Å². The van der Waals surface area contributed by atoms with Crippen molar-refractivity contribution in [3.63, 3.8) is 0 Å². The quantitative estimate of drug-likeness (QED) is 0.693. The molecule has 15 heavy (non-hydrogen) atoms. The molecule has 0 bridgehead atoms. The highest BCUT2D eigenvalue weighted by molar-refractivity contribution is 5.32. The molecule has 0 saturated carbocycles. The summed E-state index contributed by atoms with van der Waals surface area (Å²) in [6.45, 7) is 3.65. The van der Waals surface area contributed by atoms with Crippen molar-refractivity contribution in [1.82, 2.24) is 0 Å². The Morgan fingerprint density at radius 2 is 1.67 bits per heavy atom. The van der Waals surface area contributed by atoms with E-state index in [0.717, 1.165) is 5.56 Å². The van der Waals surface area contributed by atoms with E-state index in [1.54, 1.807) is 12.1 Å². The maximum Gasteiger partial charge on any atom is 0.129 e. The van der Waals surface area contributed by atoms with Crippen molar-refractivity contribution in [3.8, 4) is 0 Å². The SMILES string of the molecule is [CH2]c1cccc(Cc2ccccc2)c1F. The van der Waals surface area contributed by atoms with E-state index < -0.39 is 0 Å².